The van der Waals surface area contributed by atoms with Crippen LogP contribution in [0.1, 0.15) is 97.6 Å². The summed E-state index contributed by atoms with van der Waals surface area (Å²) >= 11 is 9.47. The lowest BCUT2D eigenvalue weighted by molar-refractivity contribution is -0.144. The van der Waals surface area contributed by atoms with Crippen LogP contribution in [0.2, 0.25) is 5.02 Å². The van der Waals surface area contributed by atoms with Gasteiger partial charge in [-0.25, -0.2) is 4.98 Å². The first-order valence-electron chi connectivity index (χ1n) is 24.9. The van der Waals surface area contributed by atoms with Crippen molar-refractivity contribution < 1.29 is 38.5 Å². The maximum atomic E-state index is 14.0. The summed E-state index contributed by atoms with van der Waals surface area (Å²) in [5.41, 5.74) is 8.60. The number of thiophene rings is 1. The topological polar surface area (TPSA) is 199 Å². The fraction of sp³-hybridized carbons (Fsp3) is 0.418. The number of fused-ring (bicyclic) bond motifs is 3. The van der Waals surface area contributed by atoms with Crippen LogP contribution in [0, 0.1) is 26.2 Å². The molecule has 5 heterocycles. The number of ether oxygens (including phenoxy) is 3. The number of benzene rings is 3. The molecule has 0 radical (unpaired) electrons. The maximum absolute atomic E-state index is 14.0. The summed E-state index contributed by atoms with van der Waals surface area (Å²) in [4.78, 5) is 67.3. The molecule has 16 nitrogen and oxygen atoms in total. The lowest BCUT2D eigenvalue weighted by Crippen LogP contribution is -2.57. The Hall–Kier alpha value is -6.15. The summed E-state index contributed by atoms with van der Waals surface area (Å²) in [5, 5.41) is 26.6. The fourth-order valence-corrected chi connectivity index (χ4v) is 11.1. The Morgan fingerprint density at radius 2 is 1.59 bits per heavy atom. The lowest BCUT2D eigenvalue weighted by atomic mass is 9.85. The predicted molar refractivity (Wildman–Crippen MR) is 288 cm³/mol. The highest BCUT2D eigenvalue weighted by Gasteiger charge is 2.44. The number of amides is 3. The summed E-state index contributed by atoms with van der Waals surface area (Å²) in [7, 11) is 0. The van der Waals surface area contributed by atoms with Crippen molar-refractivity contribution in [2.75, 3.05) is 44.9 Å². The molecule has 0 bridgehead atoms. The lowest BCUT2D eigenvalue weighted by Gasteiger charge is -2.35. The molecule has 0 spiro atoms. The first-order chi connectivity index (χ1) is 35.5. The first-order valence-corrected chi connectivity index (χ1v) is 26.9. The van der Waals surface area contributed by atoms with E-state index in [2.05, 4.69) is 39.7 Å². The van der Waals surface area contributed by atoms with Crippen molar-refractivity contribution in [3.8, 4) is 21.2 Å². The number of aliphatic imine (C=N–C) groups is 1. The molecule has 4 atom stereocenters. The molecule has 3 aromatic heterocycles. The highest BCUT2D eigenvalue weighted by molar-refractivity contribution is 7.15. The number of aromatic nitrogens is 4. The average molecular weight is 1060 g/mol. The molecule has 3 N–H and O–H groups in total. The van der Waals surface area contributed by atoms with Gasteiger partial charge in [-0.2, -0.15) is 0 Å². The monoisotopic (exact) mass is 1060 g/mol. The van der Waals surface area contributed by atoms with Crippen LogP contribution in [-0.4, -0.2) is 117 Å². The molecule has 8 rings (SSSR count). The molecule has 74 heavy (non-hydrogen) atoms. The Labute approximate surface area is 444 Å². The number of β-amino-alcohol motifs (C(OH)–C–C–N with tert-alkyl or cyclic N) is 1. The van der Waals surface area contributed by atoms with E-state index in [1.54, 1.807) is 53.3 Å². The third-order valence-electron chi connectivity index (χ3n) is 13.1. The van der Waals surface area contributed by atoms with Gasteiger partial charge < -0.3 is 34.9 Å². The van der Waals surface area contributed by atoms with Crippen molar-refractivity contribution in [3.63, 3.8) is 0 Å². The molecule has 390 valence electrons. The first kappa shape index (κ1) is 54.1. The molecular formula is C55H63ClN8O8S2. The van der Waals surface area contributed by atoms with Crippen LogP contribution in [0.5, 0.6) is 5.75 Å². The summed E-state index contributed by atoms with van der Waals surface area (Å²) in [6.07, 6.45) is 2.97. The number of aryl methyl sites for hydroxylation is 3. The van der Waals surface area contributed by atoms with E-state index in [4.69, 9.17) is 30.8 Å². The Bertz CT molecular complexity index is 2950. The van der Waals surface area contributed by atoms with Gasteiger partial charge in [-0.1, -0.05) is 68.8 Å². The van der Waals surface area contributed by atoms with Crippen LogP contribution in [0.15, 0.2) is 89.6 Å². The van der Waals surface area contributed by atoms with Crippen molar-refractivity contribution in [1.29, 1.82) is 0 Å². The number of hydrogen-bond donors (Lipinski definition) is 3. The van der Waals surface area contributed by atoms with Crippen molar-refractivity contribution >= 4 is 69.2 Å². The zero-order valence-corrected chi connectivity index (χ0v) is 44.9. The van der Waals surface area contributed by atoms with Crippen LogP contribution in [0.3, 0.4) is 0 Å². The standard InChI is InChI=1S/C55H63ClN8O8S2/c1-33-35(3)74-54-48(33)49(37-14-16-39(56)17-15-37)60-43(52-62-58-31-64(52)54)28-46(67)59-40-18-20-42(21-19-40)72-26-8-24-70-23-7-25-71-30-47(68)61-51(55(4,5)6)53(69)63-29-41(65)27-44(63)45(66)22-11-36-9-12-38(13-10-36)50-34(2)57-32-73-50/h9-10,12-21,31-32,41,43-44,51,65H,7-8,11,22-30H2,1-6H3,(H,59,67)(H,61,68)/t41-,43+,44+,51-/m1/s1. The minimum Gasteiger partial charge on any atom is -0.494 e. The zero-order chi connectivity index (χ0) is 52.5. The normalized spacial score (nSPS) is 16.7. The molecule has 3 amide bonds. The highest BCUT2D eigenvalue weighted by atomic mass is 35.5. The van der Waals surface area contributed by atoms with Crippen molar-refractivity contribution in [2.45, 2.75) is 104 Å². The Kier molecular flexibility index (Phi) is 17.9. The van der Waals surface area contributed by atoms with Gasteiger partial charge >= 0.3 is 0 Å². The largest absolute Gasteiger partial charge is 0.494 e. The van der Waals surface area contributed by atoms with E-state index in [0.717, 1.165) is 54.0 Å². The van der Waals surface area contributed by atoms with E-state index in [1.165, 1.54) is 4.90 Å². The SMILES string of the molecule is Cc1ncsc1-c1ccc(CCC(=O)[C@@H]2C[C@@H](O)CN2C(=O)[C@@H](NC(=O)COCCCOCCCOc2ccc(NC(=O)C[C@@H]3N=C(c4ccc(Cl)cc4)c4c(sc(C)c4C)-n4cnnc43)cc2)C(C)(C)C)cc1. The van der Waals surface area contributed by atoms with Crippen LogP contribution in [0.4, 0.5) is 5.69 Å². The van der Waals surface area contributed by atoms with E-state index in [1.807, 2.05) is 86.3 Å². The number of rotatable bonds is 22. The van der Waals surface area contributed by atoms with E-state index >= 15 is 0 Å². The van der Waals surface area contributed by atoms with Crippen LogP contribution in [0.25, 0.3) is 15.4 Å². The molecule has 2 aliphatic rings. The molecule has 1 fully saturated rings. The van der Waals surface area contributed by atoms with E-state index < -0.39 is 41.5 Å². The number of nitrogens with zero attached hydrogens (tertiary/aromatic N) is 6. The molecular weight excluding hydrogens is 1000 g/mol. The minimum absolute atomic E-state index is 0.0225. The number of hydrogen-bond acceptors (Lipinski definition) is 14. The second kappa shape index (κ2) is 24.5. The predicted octanol–water partition coefficient (Wildman–Crippen LogP) is 8.84. The number of carbonyl (C=O) groups is 4. The van der Waals surface area contributed by atoms with Crippen LogP contribution >= 0.6 is 34.3 Å². The van der Waals surface area contributed by atoms with E-state index in [-0.39, 0.29) is 50.7 Å². The molecule has 0 unspecified atom stereocenters. The zero-order valence-electron chi connectivity index (χ0n) is 42.6. The quantitative estimate of drug-likeness (QED) is 0.0549. The van der Waals surface area contributed by atoms with Gasteiger partial charge in [0.2, 0.25) is 17.7 Å². The van der Waals surface area contributed by atoms with Gasteiger partial charge in [0, 0.05) is 72.3 Å². The summed E-state index contributed by atoms with van der Waals surface area (Å²) in [5.74, 6) is 0.0455. The average Bonchev–Trinajstić information content (AvgIpc) is 4.18. The van der Waals surface area contributed by atoms with Gasteiger partial charge in [-0.15, -0.1) is 32.9 Å². The Balaban J connectivity index is 0.717. The molecule has 0 saturated carbocycles. The summed E-state index contributed by atoms with van der Waals surface area (Å²) < 4.78 is 19.2. The van der Waals surface area contributed by atoms with Gasteiger partial charge in [0.25, 0.3) is 0 Å². The van der Waals surface area contributed by atoms with Crippen LogP contribution in [-0.2, 0) is 35.1 Å². The number of ketones is 1. The van der Waals surface area contributed by atoms with Gasteiger partial charge in [-0.3, -0.25) is 28.7 Å². The van der Waals surface area contributed by atoms with Gasteiger partial charge in [0.15, 0.2) is 11.6 Å². The van der Waals surface area contributed by atoms with Crippen molar-refractivity contribution in [3.05, 3.63) is 128 Å². The number of Topliss-reactive ketones (excluding diaryl/α,β-unsaturated/α-hetero) is 1. The van der Waals surface area contributed by atoms with E-state index in [0.29, 0.717) is 61.4 Å². The van der Waals surface area contributed by atoms with Gasteiger partial charge in [-0.05, 0) is 92.1 Å². The second-order valence-corrected chi connectivity index (χ2v) is 22.2. The number of thiazole rings is 1. The number of carbonyl (C=O) groups excluding carboxylic acids is 4. The second-order valence-electron chi connectivity index (χ2n) is 19.7. The Morgan fingerprint density at radius 3 is 2.30 bits per heavy atom. The van der Waals surface area contributed by atoms with E-state index in [9.17, 15) is 24.3 Å². The fourth-order valence-electron chi connectivity index (χ4n) is 9.05. The summed E-state index contributed by atoms with van der Waals surface area (Å²) in [6.45, 7) is 13.0. The minimum atomic E-state index is -0.935. The van der Waals surface area contributed by atoms with Crippen molar-refractivity contribution in [1.82, 2.24) is 30.0 Å². The summed E-state index contributed by atoms with van der Waals surface area (Å²) in [6, 6.07) is 20.5. The maximum Gasteiger partial charge on any atom is 0.246 e. The number of likely N-dealkylation sites (tertiary alicyclic amines) is 1. The molecule has 1 saturated heterocycles. The number of nitrogens with one attached hydrogen (secondary N) is 2. The van der Waals surface area contributed by atoms with Gasteiger partial charge in [0.1, 0.15) is 35.8 Å². The molecule has 6 aromatic rings. The third-order valence-corrected chi connectivity index (χ3v) is 15.5. The smallest absolute Gasteiger partial charge is 0.246 e. The third kappa shape index (κ3) is 13.4. The van der Waals surface area contributed by atoms with Crippen molar-refractivity contribution in [2.24, 2.45) is 10.4 Å². The molecule has 3 aromatic carbocycles. The molecule has 19 heteroatoms. The highest BCUT2D eigenvalue weighted by Crippen LogP contribution is 2.39. The number of halogens is 1. The Morgan fingerprint density at radius 1 is 0.892 bits per heavy atom. The number of aliphatic hydroxyl groups is 1. The molecule has 0 aliphatic carbocycles. The van der Waals surface area contributed by atoms with Gasteiger partial charge in [0.05, 0.1) is 47.0 Å². The number of anilines is 1. The molecule has 2 aliphatic heterocycles. The van der Waals surface area contributed by atoms with Crippen LogP contribution < -0.4 is 15.4 Å². The number of aliphatic hydroxyl groups excluding tert-OH is 1.